The van der Waals surface area contributed by atoms with Gasteiger partial charge in [-0.15, -0.1) is 0 Å². The summed E-state index contributed by atoms with van der Waals surface area (Å²) in [5.74, 6) is -1.22. The van der Waals surface area contributed by atoms with Gasteiger partial charge >= 0.3 is 0 Å². The summed E-state index contributed by atoms with van der Waals surface area (Å²) in [5.41, 5.74) is 0.0926. The molecule has 0 heterocycles. The van der Waals surface area contributed by atoms with E-state index in [0.717, 1.165) is 0 Å². The van der Waals surface area contributed by atoms with Gasteiger partial charge in [0.15, 0.2) is 5.78 Å². The Labute approximate surface area is 83.9 Å². The maximum atomic E-state index is 11.2. The first-order valence-electron chi connectivity index (χ1n) is 4.55. The van der Waals surface area contributed by atoms with Gasteiger partial charge in [0.05, 0.1) is 18.0 Å². The molecule has 0 aliphatic rings. The summed E-state index contributed by atoms with van der Waals surface area (Å²) < 4.78 is 0. The molecule has 4 nitrogen and oxygen atoms in total. The molecule has 0 rings (SSSR count). The number of carbonyl (C=O) groups excluding carboxylic acids is 1. The van der Waals surface area contributed by atoms with Gasteiger partial charge in [0.25, 0.3) is 0 Å². The summed E-state index contributed by atoms with van der Waals surface area (Å²) in [6.45, 7) is 5.62. The summed E-state index contributed by atoms with van der Waals surface area (Å²) in [5, 5.41) is 28.1. The van der Waals surface area contributed by atoms with E-state index in [9.17, 15) is 20.1 Å². The Bertz CT molecular complexity index is 229. The van der Waals surface area contributed by atoms with Crippen molar-refractivity contribution in [3.8, 4) is 0 Å². The van der Waals surface area contributed by atoms with Crippen molar-refractivity contribution >= 4 is 5.78 Å². The average molecular weight is 202 g/mol. The zero-order valence-corrected chi connectivity index (χ0v) is 8.98. The molecule has 0 radical (unpaired) electrons. The molecule has 2 unspecified atom stereocenters. The number of hydrogen-bond acceptors (Lipinski definition) is 4. The molecule has 0 fully saturated rings. The van der Waals surface area contributed by atoms with E-state index in [-0.39, 0.29) is 17.1 Å². The van der Waals surface area contributed by atoms with Crippen LogP contribution in [-0.4, -0.2) is 33.3 Å². The Morgan fingerprint density at radius 3 is 1.50 bits per heavy atom. The fraction of sp³-hybridized carbons (Fsp3) is 0.700. The maximum absolute atomic E-state index is 11.2. The lowest BCUT2D eigenvalue weighted by Crippen LogP contribution is -2.32. The molecule has 2 atom stereocenters. The summed E-state index contributed by atoms with van der Waals surface area (Å²) in [4.78, 5) is 11.2. The molecular weight excluding hydrogens is 184 g/mol. The number of aliphatic hydroxyl groups is 3. The van der Waals surface area contributed by atoms with E-state index >= 15 is 0 Å². The molecule has 82 valence electrons. The number of carbonyl (C=O) groups is 1. The molecule has 0 saturated heterocycles. The standard InChI is InChI=1S/C10H18O4/c1-5(11)9(6(2)12)10(7(3)13)8(4)14/h5-6,9,11-13H,1-4H3/b10-7+. The largest absolute Gasteiger partial charge is 0.512 e. The second-order valence-corrected chi connectivity index (χ2v) is 3.56. The van der Waals surface area contributed by atoms with Crippen molar-refractivity contribution in [3.63, 3.8) is 0 Å². The lowest BCUT2D eigenvalue weighted by atomic mass is 9.86. The fourth-order valence-electron chi connectivity index (χ4n) is 1.62. The third kappa shape index (κ3) is 3.12. The SMILES string of the molecule is CC(=O)/C(=C(/C)O)C(C(C)O)C(C)O. The van der Waals surface area contributed by atoms with Crippen LogP contribution < -0.4 is 0 Å². The summed E-state index contributed by atoms with van der Waals surface area (Å²) >= 11 is 0. The molecule has 0 aliphatic heterocycles. The predicted molar refractivity (Wildman–Crippen MR) is 52.9 cm³/mol. The Morgan fingerprint density at radius 2 is 1.43 bits per heavy atom. The smallest absolute Gasteiger partial charge is 0.159 e. The Kier molecular flexibility index (Phi) is 4.80. The molecular formula is C10H18O4. The molecule has 0 bridgehead atoms. The topological polar surface area (TPSA) is 77.8 Å². The fourth-order valence-corrected chi connectivity index (χ4v) is 1.62. The van der Waals surface area contributed by atoms with Crippen LogP contribution in [0.15, 0.2) is 11.3 Å². The summed E-state index contributed by atoms with van der Waals surface area (Å²) in [6, 6.07) is 0. The zero-order chi connectivity index (χ0) is 11.5. The van der Waals surface area contributed by atoms with Gasteiger partial charge in [-0.2, -0.15) is 0 Å². The monoisotopic (exact) mass is 202 g/mol. The third-order valence-electron chi connectivity index (χ3n) is 2.14. The van der Waals surface area contributed by atoms with Gasteiger partial charge in [-0.05, 0) is 27.7 Å². The van der Waals surface area contributed by atoms with Crippen LogP contribution >= 0.6 is 0 Å². The quantitative estimate of drug-likeness (QED) is 0.465. The second kappa shape index (κ2) is 5.12. The molecule has 0 spiro atoms. The minimum absolute atomic E-state index is 0.0926. The molecule has 4 heteroatoms. The molecule has 0 aromatic heterocycles. The highest BCUT2D eigenvalue weighted by molar-refractivity contribution is 5.94. The third-order valence-corrected chi connectivity index (χ3v) is 2.14. The number of allylic oxidation sites excluding steroid dienone is 1. The Balaban J connectivity index is 5.16. The van der Waals surface area contributed by atoms with E-state index < -0.39 is 18.1 Å². The molecule has 0 amide bonds. The van der Waals surface area contributed by atoms with E-state index in [1.165, 1.54) is 27.7 Å². The van der Waals surface area contributed by atoms with E-state index in [4.69, 9.17) is 0 Å². The average Bonchev–Trinajstić information content (AvgIpc) is 1.96. The first kappa shape index (κ1) is 13.1. The van der Waals surface area contributed by atoms with E-state index in [2.05, 4.69) is 0 Å². The Hall–Kier alpha value is -0.870. The highest BCUT2D eigenvalue weighted by Crippen LogP contribution is 2.23. The molecule has 3 N–H and O–H groups in total. The molecule has 14 heavy (non-hydrogen) atoms. The van der Waals surface area contributed by atoms with Gasteiger partial charge in [-0.3, -0.25) is 4.79 Å². The first-order chi connectivity index (χ1) is 6.29. The van der Waals surface area contributed by atoms with Gasteiger partial charge in [-0.25, -0.2) is 0 Å². The van der Waals surface area contributed by atoms with E-state index in [1.54, 1.807) is 0 Å². The molecule has 0 aliphatic carbocycles. The minimum atomic E-state index is -0.879. The van der Waals surface area contributed by atoms with Crippen molar-refractivity contribution < 1.29 is 20.1 Å². The van der Waals surface area contributed by atoms with Crippen LogP contribution in [0.3, 0.4) is 0 Å². The van der Waals surface area contributed by atoms with Crippen molar-refractivity contribution in [1.82, 2.24) is 0 Å². The van der Waals surface area contributed by atoms with Crippen molar-refractivity contribution in [2.24, 2.45) is 5.92 Å². The highest BCUT2D eigenvalue weighted by Gasteiger charge is 2.29. The van der Waals surface area contributed by atoms with E-state index in [1.807, 2.05) is 0 Å². The Morgan fingerprint density at radius 1 is 1.07 bits per heavy atom. The lowest BCUT2D eigenvalue weighted by Gasteiger charge is -2.24. The van der Waals surface area contributed by atoms with Crippen LogP contribution in [0.5, 0.6) is 0 Å². The first-order valence-corrected chi connectivity index (χ1v) is 4.55. The molecule has 0 saturated carbocycles. The van der Waals surface area contributed by atoms with Crippen LogP contribution in [0.4, 0.5) is 0 Å². The van der Waals surface area contributed by atoms with Gasteiger partial charge in [0.2, 0.25) is 0 Å². The van der Waals surface area contributed by atoms with Crippen LogP contribution in [0, 0.1) is 5.92 Å². The maximum Gasteiger partial charge on any atom is 0.159 e. The zero-order valence-electron chi connectivity index (χ0n) is 8.98. The van der Waals surface area contributed by atoms with Gasteiger partial charge < -0.3 is 15.3 Å². The molecule has 0 aromatic carbocycles. The van der Waals surface area contributed by atoms with Crippen LogP contribution in [0.25, 0.3) is 0 Å². The van der Waals surface area contributed by atoms with Crippen molar-refractivity contribution in [2.45, 2.75) is 39.9 Å². The summed E-state index contributed by atoms with van der Waals surface area (Å²) in [6.07, 6.45) is -1.76. The van der Waals surface area contributed by atoms with Crippen molar-refractivity contribution in [3.05, 3.63) is 11.3 Å². The van der Waals surface area contributed by atoms with Crippen LogP contribution in [0.2, 0.25) is 0 Å². The summed E-state index contributed by atoms with van der Waals surface area (Å²) in [7, 11) is 0. The van der Waals surface area contributed by atoms with E-state index in [0.29, 0.717) is 0 Å². The molecule has 0 aromatic rings. The highest BCUT2D eigenvalue weighted by atomic mass is 16.3. The lowest BCUT2D eigenvalue weighted by molar-refractivity contribution is -0.115. The normalized spacial score (nSPS) is 19.6. The number of Topliss-reactive ketones (excluding diaryl/α,β-unsaturated/α-hetero) is 1. The van der Waals surface area contributed by atoms with Gasteiger partial charge in [-0.1, -0.05) is 0 Å². The van der Waals surface area contributed by atoms with Crippen LogP contribution in [0.1, 0.15) is 27.7 Å². The number of hydrogen-bond donors (Lipinski definition) is 3. The van der Waals surface area contributed by atoms with Gasteiger partial charge in [0.1, 0.15) is 0 Å². The van der Waals surface area contributed by atoms with Gasteiger partial charge in [0, 0.05) is 11.5 Å². The van der Waals surface area contributed by atoms with Crippen molar-refractivity contribution in [2.75, 3.05) is 0 Å². The van der Waals surface area contributed by atoms with Crippen LogP contribution in [-0.2, 0) is 4.79 Å². The number of rotatable bonds is 4. The van der Waals surface area contributed by atoms with Crippen molar-refractivity contribution in [1.29, 1.82) is 0 Å². The predicted octanol–water partition coefficient (Wildman–Crippen LogP) is 0.785. The number of ketones is 1. The minimum Gasteiger partial charge on any atom is -0.512 e. The number of aliphatic hydroxyl groups excluding tert-OH is 3. The second-order valence-electron chi connectivity index (χ2n) is 3.56.